The van der Waals surface area contributed by atoms with Crippen LogP contribution in [0.3, 0.4) is 0 Å². The van der Waals surface area contributed by atoms with E-state index in [0.717, 1.165) is 33.6 Å². The van der Waals surface area contributed by atoms with Gasteiger partial charge in [-0.2, -0.15) is 8.61 Å². The Hall–Kier alpha value is -2.76. The van der Waals surface area contributed by atoms with E-state index >= 15 is 0 Å². The first kappa shape index (κ1) is 47.2. The Morgan fingerprint density at radius 1 is 0.597 bits per heavy atom. The number of anilines is 2. The third kappa shape index (κ3) is 11.2. The van der Waals surface area contributed by atoms with E-state index in [1.165, 1.54) is 16.7 Å². The van der Waals surface area contributed by atoms with Crippen LogP contribution in [0.5, 0.6) is 0 Å². The summed E-state index contributed by atoms with van der Waals surface area (Å²) in [6, 6.07) is 12.1. The summed E-state index contributed by atoms with van der Waals surface area (Å²) in [6.45, 7) is 11.8. The van der Waals surface area contributed by atoms with Crippen LogP contribution >= 0.6 is 69.1 Å². The zero-order chi connectivity index (χ0) is 44.5. The molecule has 4 heterocycles. The SMILES string of the molecule is CC1(Cl)C=CC=CC1S(=O)(=O)N1CCN(c2nc(Cc3cc(Cl)cc(Cl)c3)cs2)CC1.Cc1cc(C)cc(Cc2csc(N3CCN(S(=O)(=O)C4C=CC=CC4(C)Cl)CC3)n2)c1. The van der Waals surface area contributed by atoms with E-state index in [9.17, 15) is 16.8 Å². The number of sulfonamides is 2. The number of allylic oxidation sites excluding steroid dienone is 6. The molecule has 0 amide bonds. The molecule has 0 radical (unpaired) electrons. The number of halogens is 4. The highest BCUT2D eigenvalue weighted by molar-refractivity contribution is 7.90. The van der Waals surface area contributed by atoms with Gasteiger partial charge < -0.3 is 9.80 Å². The van der Waals surface area contributed by atoms with E-state index < -0.39 is 40.3 Å². The van der Waals surface area contributed by atoms with E-state index in [1.54, 1.807) is 99.8 Å². The van der Waals surface area contributed by atoms with Crippen LogP contribution in [0.4, 0.5) is 10.3 Å². The van der Waals surface area contributed by atoms with Crippen molar-refractivity contribution in [3.05, 3.63) is 139 Å². The van der Waals surface area contributed by atoms with Crippen molar-refractivity contribution >= 4 is 99.4 Å². The molecule has 10 nitrogen and oxygen atoms in total. The Morgan fingerprint density at radius 2 is 0.984 bits per heavy atom. The van der Waals surface area contributed by atoms with Crippen LogP contribution in [0.25, 0.3) is 0 Å². The van der Waals surface area contributed by atoms with Crippen molar-refractivity contribution in [2.75, 3.05) is 62.2 Å². The first-order chi connectivity index (χ1) is 29.3. The minimum Gasteiger partial charge on any atom is -0.345 e. The largest absolute Gasteiger partial charge is 0.345 e. The maximum absolute atomic E-state index is 13.2. The Balaban J connectivity index is 0.000000186. The molecule has 2 aromatic heterocycles. The number of hydrogen-bond donors (Lipinski definition) is 0. The van der Waals surface area contributed by atoms with Crippen LogP contribution in [0.15, 0.2) is 95.8 Å². The number of aromatic nitrogens is 2. The number of rotatable bonds is 10. The Kier molecular flexibility index (Phi) is 14.8. The molecule has 4 aliphatic rings. The lowest BCUT2D eigenvalue weighted by atomic mass is 10.0. The molecule has 0 saturated carbocycles. The molecule has 4 atom stereocenters. The maximum Gasteiger partial charge on any atom is 0.222 e. The van der Waals surface area contributed by atoms with Gasteiger partial charge in [0.2, 0.25) is 20.0 Å². The number of nitrogens with zero attached hydrogens (tertiary/aromatic N) is 6. The summed E-state index contributed by atoms with van der Waals surface area (Å²) in [6.07, 6.45) is 15.4. The molecule has 2 aliphatic heterocycles. The third-order valence-corrected chi connectivity index (χ3v) is 19.2. The van der Waals surface area contributed by atoms with Gasteiger partial charge in [-0.25, -0.2) is 26.8 Å². The summed E-state index contributed by atoms with van der Waals surface area (Å²) >= 11 is 28.3. The highest BCUT2D eigenvalue weighted by atomic mass is 35.5. The normalized spacial score (nSPS) is 24.6. The van der Waals surface area contributed by atoms with Gasteiger partial charge in [0, 0.05) is 86.0 Å². The third-order valence-electron chi connectivity index (χ3n) is 11.2. The fourth-order valence-corrected chi connectivity index (χ4v) is 15.3. The van der Waals surface area contributed by atoms with Gasteiger partial charge in [-0.05, 0) is 57.0 Å². The monoisotopic (exact) mass is 994 g/mol. The topological polar surface area (TPSA) is 107 Å². The molecule has 0 bridgehead atoms. The van der Waals surface area contributed by atoms with Gasteiger partial charge in [0.25, 0.3) is 0 Å². The number of piperazine rings is 2. The van der Waals surface area contributed by atoms with Gasteiger partial charge in [-0.15, -0.1) is 45.9 Å². The summed E-state index contributed by atoms with van der Waals surface area (Å²) in [5.41, 5.74) is 6.79. The molecule has 0 N–H and O–H groups in total. The van der Waals surface area contributed by atoms with Gasteiger partial charge in [-0.1, -0.05) is 101 Å². The lowest BCUT2D eigenvalue weighted by Crippen LogP contribution is -2.54. The highest BCUT2D eigenvalue weighted by Crippen LogP contribution is 2.35. The summed E-state index contributed by atoms with van der Waals surface area (Å²) < 4.78 is 55.8. The van der Waals surface area contributed by atoms with Crippen molar-refractivity contribution in [3.63, 3.8) is 0 Å². The lowest BCUT2D eigenvalue weighted by Gasteiger charge is -2.38. The Bertz CT molecular complexity index is 2370. The Morgan fingerprint density at radius 3 is 1.37 bits per heavy atom. The standard InChI is InChI=1S/C23H28ClN3O2S2.C21H22Cl3N3O2S2/c1-17-12-18(2)14-19(13-17)15-20-16-30-22(25-20)26-8-10-27(11-9-26)31(28,29)21-6-4-5-7-23(21,3)24;1-21(24)5-3-2-4-19(21)31(28,29)27-8-6-26(7-9-27)20-25-18(14-30-20)12-15-10-16(22)13-17(23)11-15/h4-7,12-14,16,21H,8-11,15H2,1-3H3;2-5,10-11,13-14,19H,6-9,12H2,1H3. The molecular formula is C44H50Cl4N6O4S4. The van der Waals surface area contributed by atoms with Crippen molar-refractivity contribution in [2.24, 2.45) is 0 Å². The molecule has 2 saturated heterocycles. The predicted molar refractivity (Wildman–Crippen MR) is 260 cm³/mol. The molecule has 8 rings (SSSR count). The predicted octanol–water partition coefficient (Wildman–Crippen LogP) is 9.28. The molecular weight excluding hydrogens is 947 g/mol. The van der Waals surface area contributed by atoms with Gasteiger partial charge in [0.15, 0.2) is 10.3 Å². The first-order valence-corrected chi connectivity index (χ1v) is 26.6. The highest BCUT2D eigenvalue weighted by Gasteiger charge is 2.44. The minimum atomic E-state index is -3.55. The van der Waals surface area contributed by atoms with Gasteiger partial charge in [0.1, 0.15) is 10.5 Å². The van der Waals surface area contributed by atoms with Gasteiger partial charge in [-0.3, -0.25) is 0 Å². The average Bonchev–Trinajstić information content (AvgIpc) is 3.87. The zero-order valence-corrected chi connectivity index (χ0v) is 41.2. The van der Waals surface area contributed by atoms with Crippen molar-refractivity contribution in [1.29, 1.82) is 0 Å². The van der Waals surface area contributed by atoms with Gasteiger partial charge >= 0.3 is 0 Å². The Labute approximate surface area is 394 Å². The lowest BCUT2D eigenvalue weighted by molar-refractivity contribution is 0.378. The van der Waals surface area contributed by atoms with Crippen molar-refractivity contribution in [2.45, 2.75) is 60.8 Å². The quantitative estimate of drug-likeness (QED) is 0.145. The summed E-state index contributed by atoms with van der Waals surface area (Å²) in [7, 11) is -7.07. The second-order valence-electron chi connectivity index (χ2n) is 16.4. The molecule has 18 heteroatoms. The van der Waals surface area contributed by atoms with Crippen molar-refractivity contribution in [1.82, 2.24) is 18.6 Å². The maximum atomic E-state index is 13.2. The molecule has 332 valence electrons. The number of hydrogen-bond acceptors (Lipinski definition) is 10. The molecule has 2 aromatic carbocycles. The number of aryl methyl sites for hydroxylation is 2. The zero-order valence-electron chi connectivity index (χ0n) is 34.9. The average molecular weight is 997 g/mol. The summed E-state index contributed by atoms with van der Waals surface area (Å²) in [5.74, 6) is 0. The summed E-state index contributed by atoms with van der Waals surface area (Å²) in [5, 5.41) is 5.66. The van der Waals surface area contributed by atoms with Gasteiger partial charge in [0.05, 0.1) is 21.1 Å². The molecule has 2 fully saturated rings. The minimum absolute atomic E-state index is 0.405. The van der Waals surface area contributed by atoms with Crippen LogP contribution < -0.4 is 9.80 Å². The number of benzene rings is 2. The smallest absolute Gasteiger partial charge is 0.222 e. The number of thiazole rings is 2. The fraction of sp³-hybridized carbons (Fsp3) is 0.409. The molecule has 0 spiro atoms. The van der Waals surface area contributed by atoms with E-state index in [-0.39, 0.29) is 0 Å². The van der Waals surface area contributed by atoms with Crippen LogP contribution in [-0.2, 0) is 32.9 Å². The van der Waals surface area contributed by atoms with Crippen LogP contribution in [0, 0.1) is 13.8 Å². The van der Waals surface area contributed by atoms with Crippen molar-refractivity contribution < 1.29 is 16.8 Å². The number of alkyl halides is 2. The van der Waals surface area contributed by atoms with E-state index in [0.29, 0.717) is 68.8 Å². The van der Waals surface area contributed by atoms with Crippen LogP contribution in [0.2, 0.25) is 10.0 Å². The second-order valence-corrected chi connectivity index (χ2v) is 24.6. The summed E-state index contributed by atoms with van der Waals surface area (Å²) in [4.78, 5) is 12.0. The van der Waals surface area contributed by atoms with Crippen molar-refractivity contribution in [3.8, 4) is 0 Å². The van der Waals surface area contributed by atoms with E-state index in [2.05, 4.69) is 47.2 Å². The van der Waals surface area contributed by atoms with E-state index in [1.807, 2.05) is 17.5 Å². The molecule has 62 heavy (non-hydrogen) atoms. The van der Waals surface area contributed by atoms with Crippen LogP contribution in [-0.4, -0.2) is 108 Å². The molecule has 4 aromatic rings. The van der Waals surface area contributed by atoms with Crippen LogP contribution in [0.1, 0.15) is 47.5 Å². The first-order valence-electron chi connectivity index (χ1n) is 20.3. The van der Waals surface area contributed by atoms with E-state index in [4.69, 9.17) is 56.4 Å². The molecule has 2 aliphatic carbocycles. The fourth-order valence-electron chi connectivity index (χ4n) is 8.10. The second kappa shape index (κ2) is 19.4. The molecule has 4 unspecified atom stereocenters.